The van der Waals surface area contributed by atoms with Crippen LogP contribution in [0, 0.1) is 17.2 Å². The highest BCUT2D eigenvalue weighted by Gasteiger charge is 2.33. The van der Waals surface area contributed by atoms with E-state index in [1.165, 1.54) is 35.5 Å². The molecule has 146 valence electrons. The van der Waals surface area contributed by atoms with Gasteiger partial charge in [0.25, 0.3) is 5.91 Å². The van der Waals surface area contributed by atoms with Gasteiger partial charge in [-0.1, -0.05) is 0 Å². The summed E-state index contributed by atoms with van der Waals surface area (Å²) >= 11 is 0. The lowest BCUT2D eigenvalue weighted by Gasteiger charge is -2.30. The number of nitrogens with zero attached hydrogens (tertiary/aromatic N) is 2. The van der Waals surface area contributed by atoms with Gasteiger partial charge in [0.05, 0.1) is 22.4 Å². The minimum atomic E-state index is -3.67. The normalized spacial score (nSPS) is 16.9. The Labute approximate surface area is 159 Å². The predicted octanol–water partition coefficient (Wildman–Crippen LogP) is 1.03. The predicted molar refractivity (Wildman–Crippen MR) is 96.9 cm³/mol. The second-order valence-electron chi connectivity index (χ2n) is 6.29. The van der Waals surface area contributed by atoms with E-state index < -0.39 is 28.0 Å². The number of nitrogens with one attached hydrogen (secondary N) is 1. The first-order valence-corrected chi connectivity index (χ1v) is 10.2. The summed E-state index contributed by atoms with van der Waals surface area (Å²) in [6, 6.07) is 7.67. The lowest BCUT2D eigenvalue weighted by molar-refractivity contribution is -0.159. The van der Waals surface area contributed by atoms with Gasteiger partial charge >= 0.3 is 5.97 Å². The second kappa shape index (κ2) is 8.97. The molecule has 0 saturated carbocycles. The summed E-state index contributed by atoms with van der Waals surface area (Å²) in [6.07, 6.45) is -0.217. The van der Waals surface area contributed by atoms with Crippen LogP contribution < -0.4 is 5.32 Å². The van der Waals surface area contributed by atoms with E-state index in [2.05, 4.69) is 5.32 Å². The molecule has 1 aromatic rings. The average molecular weight is 393 g/mol. The minimum Gasteiger partial charge on any atom is -0.452 e. The van der Waals surface area contributed by atoms with E-state index in [9.17, 15) is 18.0 Å². The molecule has 1 aliphatic heterocycles. The van der Waals surface area contributed by atoms with Crippen molar-refractivity contribution < 1.29 is 22.7 Å². The number of benzene rings is 1. The number of likely N-dealkylation sites (N-methyl/N-ethyl adjacent to an activating group) is 1. The molecule has 1 N–H and O–H groups in total. The molecule has 0 unspecified atom stereocenters. The van der Waals surface area contributed by atoms with Crippen molar-refractivity contribution in [3.63, 3.8) is 0 Å². The molecule has 0 aromatic heterocycles. The van der Waals surface area contributed by atoms with Crippen molar-refractivity contribution >= 4 is 21.9 Å². The topological polar surface area (TPSA) is 117 Å². The van der Waals surface area contributed by atoms with Crippen LogP contribution in [0.1, 0.15) is 32.3 Å². The molecule has 9 heteroatoms. The monoisotopic (exact) mass is 393 g/mol. The molecular formula is C18H23N3O5S. The Morgan fingerprint density at radius 1 is 1.30 bits per heavy atom. The number of hydrogen-bond donors (Lipinski definition) is 1. The first kappa shape index (κ1) is 20.9. The number of nitriles is 1. The summed E-state index contributed by atoms with van der Waals surface area (Å²) in [5, 5.41) is 11.4. The number of sulfonamides is 1. The Morgan fingerprint density at radius 3 is 2.41 bits per heavy atom. The van der Waals surface area contributed by atoms with Crippen LogP contribution in [0.2, 0.25) is 0 Å². The summed E-state index contributed by atoms with van der Waals surface area (Å²) in [7, 11) is -3.67. The van der Waals surface area contributed by atoms with Crippen LogP contribution in [-0.4, -0.2) is 50.3 Å². The number of carbonyl (C=O) groups is 2. The number of amides is 1. The van der Waals surface area contributed by atoms with Gasteiger partial charge in [0.1, 0.15) is 0 Å². The van der Waals surface area contributed by atoms with Gasteiger partial charge < -0.3 is 10.1 Å². The highest BCUT2D eigenvalue weighted by atomic mass is 32.2. The lowest BCUT2D eigenvalue weighted by atomic mass is 9.98. The molecule has 1 aromatic carbocycles. The van der Waals surface area contributed by atoms with Gasteiger partial charge in [-0.3, -0.25) is 9.59 Å². The summed E-state index contributed by atoms with van der Waals surface area (Å²) in [4.78, 5) is 24.0. The minimum absolute atomic E-state index is 0.118. The molecule has 1 fully saturated rings. The van der Waals surface area contributed by atoms with Crippen molar-refractivity contribution in [2.24, 2.45) is 5.92 Å². The number of esters is 1. The fourth-order valence-corrected chi connectivity index (χ4v) is 4.29. The first-order chi connectivity index (χ1) is 12.8. The Hall–Kier alpha value is -2.44. The summed E-state index contributed by atoms with van der Waals surface area (Å²) in [5.41, 5.74) is 0.386. The molecule has 1 saturated heterocycles. The van der Waals surface area contributed by atoms with E-state index in [1.807, 2.05) is 6.07 Å². The molecule has 1 heterocycles. The number of carbonyl (C=O) groups excluding carboxylic acids is 2. The zero-order valence-electron chi connectivity index (χ0n) is 15.3. The van der Waals surface area contributed by atoms with Gasteiger partial charge in [0.15, 0.2) is 6.10 Å². The van der Waals surface area contributed by atoms with Crippen molar-refractivity contribution in [1.29, 1.82) is 5.26 Å². The summed E-state index contributed by atoms with van der Waals surface area (Å²) in [5.74, 6) is -1.27. The van der Waals surface area contributed by atoms with Gasteiger partial charge in [-0.2, -0.15) is 9.57 Å². The van der Waals surface area contributed by atoms with Crippen molar-refractivity contribution in [3.05, 3.63) is 29.8 Å². The number of hydrogen-bond acceptors (Lipinski definition) is 6. The fourth-order valence-electron chi connectivity index (χ4n) is 2.82. The SMILES string of the molecule is CCNC(=O)[C@H](C)OC(=O)C1CCN(S(=O)(=O)c2ccc(C#N)cc2)CC1. The fraction of sp³-hybridized carbons (Fsp3) is 0.500. The summed E-state index contributed by atoms with van der Waals surface area (Å²) < 4.78 is 31.9. The Balaban J connectivity index is 1.94. The third-order valence-corrected chi connectivity index (χ3v) is 6.33. The zero-order valence-corrected chi connectivity index (χ0v) is 16.2. The van der Waals surface area contributed by atoms with Crippen LogP contribution in [-0.2, 0) is 24.3 Å². The van der Waals surface area contributed by atoms with E-state index in [0.717, 1.165) is 0 Å². The van der Waals surface area contributed by atoms with E-state index in [4.69, 9.17) is 10.00 Å². The number of rotatable bonds is 6. The third kappa shape index (κ3) is 5.05. The zero-order chi connectivity index (χ0) is 20.0. The van der Waals surface area contributed by atoms with Crippen LogP contribution in [0.15, 0.2) is 29.2 Å². The summed E-state index contributed by atoms with van der Waals surface area (Å²) in [6.45, 7) is 4.12. The van der Waals surface area contributed by atoms with Gasteiger partial charge in [-0.25, -0.2) is 8.42 Å². The Kier molecular flexibility index (Phi) is 6.93. The molecule has 0 bridgehead atoms. The van der Waals surface area contributed by atoms with Crippen molar-refractivity contribution in [2.45, 2.75) is 37.7 Å². The van der Waals surface area contributed by atoms with Gasteiger partial charge in [-0.05, 0) is 51.0 Å². The van der Waals surface area contributed by atoms with Crippen molar-refractivity contribution in [1.82, 2.24) is 9.62 Å². The first-order valence-electron chi connectivity index (χ1n) is 8.78. The smallest absolute Gasteiger partial charge is 0.309 e. The number of piperidine rings is 1. The molecular weight excluding hydrogens is 370 g/mol. The van der Waals surface area contributed by atoms with Crippen LogP contribution in [0.5, 0.6) is 0 Å². The molecule has 0 aliphatic carbocycles. The van der Waals surface area contributed by atoms with Crippen molar-refractivity contribution in [2.75, 3.05) is 19.6 Å². The maximum atomic E-state index is 12.7. The van der Waals surface area contributed by atoms with Gasteiger partial charge in [-0.15, -0.1) is 0 Å². The van der Waals surface area contributed by atoms with Crippen LogP contribution in [0.25, 0.3) is 0 Å². The Bertz CT molecular complexity index is 822. The maximum Gasteiger partial charge on any atom is 0.309 e. The van der Waals surface area contributed by atoms with E-state index in [0.29, 0.717) is 24.9 Å². The molecule has 8 nitrogen and oxygen atoms in total. The largest absolute Gasteiger partial charge is 0.452 e. The van der Waals surface area contributed by atoms with Crippen LogP contribution in [0.3, 0.4) is 0 Å². The van der Waals surface area contributed by atoms with Gasteiger partial charge in [0, 0.05) is 19.6 Å². The molecule has 0 spiro atoms. The van der Waals surface area contributed by atoms with E-state index in [1.54, 1.807) is 6.92 Å². The molecule has 0 radical (unpaired) electrons. The standard InChI is InChI=1S/C18H23N3O5S/c1-3-20-17(22)13(2)26-18(23)15-8-10-21(11-9-15)27(24,25)16-6-4-14(12-19)5-7-16/h4-7,13,15H,3,8-11H2,1-2H3,(H,20,22)/t13-/m0/s1. The molecule has 27 heavy (non-hydrogen) atoms. The molecule has 1 aliphatic rings. The van der Waals surface area contributed by atoms with Gasteiger partial charge in [0.2, 0.25) is 10.0 Å². The second-order valence-corrected chi connectivity index (χ2v) is 8.23. The lowest BCUT2D eigenvalue weighted by Crippen LogP contribution is -2.42. The van der Waals surface area contributed by atoms with E-state index in [-0.39, 0.29) is 23.9 Å². The van der Waals surface area contributed by atoms with E-state index >= 15 is 0 Å². The van der Waals surface area contributed by atoms with Crippen molar-refractivity contribution in [3.8, 4) is 6.07 Å². The Morgan fingerprint density at radius 2 is 1.89 bits per heavy atom. The quantitative estimate of drug-likeness (QED) is 0.722. The van der Waals surface area contributed by atoms with Crippen LogP contribution in [0.4, 0.5) is 0 Å². The van der Waals surface area contributed by atoms with Crippen LogP contribution >= 0.6 is 0 Å². The maximum absolute atomic E-state index is 12.7. The highest BCUT2D eigenvalue weighted by Crippen LogP contribution is 2.25. The molecule has 1 amide bonds. The average Bonchev–Trinajstić information content (AvgIpc) is 2.68. The molecule has 1 atom stereocenters. The third-order valence-electron chi connectivity index (χ3n) is 4.42. The number of ether oxygens (including phenoxy) is 1. The molecule has 2 rings (SSSR count). The highest BCUT2D eigenvalue weighted by molar-refractivity contribution is 7.89.